The largest absolute Gasteiger partial charge is 0.467 e. The van der Waals surface area contributed by atoms with E-state index in [4.69, 9.17) is 9.47 Å². The summed E-state index contributed by atoms with van der Waals surface area (Å²) >= 11 is 0. The van der Waals surface area contributed by atoms with Crippen molar-refractivity contribution in [1.82, 2.24) is 10.3 Å². The van der Waals surface area contributed by atoms with Gasteiger partial charge in [-0.05, 0) is 39.3 Å². The minimum absolute atomic E-state index is 0.00510. The third-order valence-corrected chi connectivity index (χ3v) is 3.83. The van der Waals surface area contributed by atoms with Crippen LogP contribution in [0.5, 0.6) is 0 Å². The van der Waals surface area contributed by atoms with Gasteiger partial charge < -0.3 is 19.8 Å². The van der Waals surface area contributed by atoms with Crippen molar-refractivity contribution in [1.29, 1.82) is 0 Å². The topological polar surface area (TPSA) is 115 Å². The van der Waals surface area contributed by atoms with Gasteiger partial charge in [0.15, 0.2) is 5.43 Å². The van der Waals surface area contributed by atoms with Crippen LogP contribution in [0.4, 0.5) is 0 Å². The van der Waals surface area contributed by atoms with E-state index in [9.17, 15) is 19.2 Å². The summed E-state index contributed by atoms with van der Waals surface area (Å²) in [6.45, 7) is 5.21. The van der Waals surface area contributed by atoms with E-state index in [2.05, 4.69) is 10.3 Å². The average molecular weight is 388 g/mol. The number of fused-ring (bicyclic) bond motifs is 1. The van der Waals surface area contributed by atoms with E-state index in [1.807, 2.05) is 0 Å². The van der Waals surface area contributed by atoms with Gasteiger partial charge in [0.25, 0.3) is 5.91 Å². The van der Waals surface area contributed by atoms with Crippen LogP contribution in [-0.2, 0) is 19.1 Å². The van der Waals surface area contributed by atoms with Gasteiger partial charge in [0.1, 0.15) is 17.3 Å². The van der Waals surface area contributed by atoms with Crippen molar-refractivity contribution in [3.05, 3.63) is 46.2 Å². The zero-order chi connectivity index (χ0) is 20.9. The Bertz CT molecular complexity index is 942. The molecule has 1 atom stereocenters. The van der Waals surface area contributed by atoms with Crippen LogP contribution in [0.25, 0.3) is 10.9 Å². The summed E-state index contributed by atoms with van der Waals surface area (Å²) in [6.07, 6.45) is -0.0727. The molecule has 0 fully saturated rings. The van der Waals surface area contributed by atoms with E-state index in [-0.39, 0.29) is 24.0 Å². The highest BCUT2D eigenvalue weighted by molar-refractivity contribution is 5.97. The first-order valence-corrected chi connectivity index (χ1v) is 8.83. The molecule has 0 saturated carbocycles. The maximum Gasteiger partial charge on any atom is 0.328 e. The van der Waals surface area contributed by atoms with Crippen molar-refractivity contribution in [2.45, 2.75) is 45.3 Å². The third kappa shape index (κ3) is 5.67. The van der Waals surface area contributed by atoms with Gasteiger partial charge >= 0.3 is 11.9 Å². The number of hydrogen-bond acceptors (Lipinski definition) is 6. The molecule has 2 N–H and O–H groups in total. The maximum atomic E-state index is 12.5. The van der Waals surface area contributed by atoms with Gasteiger partial charge in [-0.25, -0.2) is 4.79 Å². The number of amides is 1. The number of aromatic amines is 1. The molecule has 0 aliphatic rings. The summed E-state index contributed by atoms with van der Waals surface area (Å²) in [7, 11) is 1.19. The van der Waals surface area contributed by atoms with Gasteiger partial charge in [0.2, 0.25) is 0 Å². The smallest absolute Gasteiger partial charge is 0.328 e. The minimum Gasteiger partial charge on any atom is -0.467 e. The summed E-state index contributed by atoms with van der Waals surface area (Å²) in [5.41, 5.74) is -0.452. The summed E-state index contributed by atoms with van der Waals surface area (Å²) in [5.74, 6) is -1.84. The summed E-state index contributed by atoms with van der Waals surface area (Å²) < 4.78 is 9.90. The lowest BCUT2D eigenvalue weighted by atomic mass is 10.1. The lowest BCUT2D eigenvalue weighted by Crippen LogP contribution is -2.42. The number of benzene rings is 1. The Kier molecular flexibility index (Phi) is 6.56. The van der Waals surface area contributed by atoms with Crippen LogP contribution in [0, 0.1) is 0 Å². The number of aromatic nitrogens is 1. The number of rotatable bonds is 6. The lowest BCUT2D eigenvalue weighted by molar-refractivity contribution is -0.155. The van der Waals surface area contributed by atoms with Gasteiger partial charge in [0.05, 0.1) is 7.11 Å². The molecule has 1 aromatic heterocycles. The monoisotopic (exact) mass is 388 g/mol. The second-order valence-electron chi connectivity index (χ2n) is 7.27. The Morgan fingerprint density at radius 2 is 1.86 bits per heavy atom. The number of para-hydroxylation sites is 1. The quantitative estimate of drug-likeness (QED) is 0.731. The number of carbonyl (C=O) groups excluding carboxylic acids is 3. The van der Waals surface area contributed by atoms with Crippen LogP contribution in [0.2, 0.25) is 0 Å². The van der Waals surface area contributed by atoms with Crippen LogP contribution in [-0.4, -0.2) is 41.6 Å². The fourth-order valence-corrected chi connectivity index (χ4v) is 2.60. The number of H-pyrrole nitrogens is 1. The van der Waals surface area contributed by atoms with Crippen molar-refractivity contribution < 1.29 is 23.9 Å². The standard InChI is InChI=1S/C20H24N2O6/c1-20(2,3)28-17(24)10-9-14(19(26)27-4)22-18(25)15-11-16(23)12-7-5-6-8-13(12)21-15/h5-8,11,14H,9-10H2,1-4H3,(H,21,23)(H,22,25)/t14-/m0/s1. The van der Waals surface area contributed by atoms with E-state index >= 15 is 0 Å². The molecule has 0 saturated heterocycles. The highest BCUT2D eigenvalue weighted by Gasteiger charge is 2.25. The molecule has 1 heterocycles. The summed E-state index contributed by atoms with van der Waals surface area (Å²) in [6, 6.07) is 6.89. The molecule has 2 rings (SSSR count). The molecule has 28 heavy (non-hydrogen) atoms. The van der Waals surface area contributed by atoms with E-state index < -0.39 is 29.5 Å². The summed E-state index contributed by atoms with van der Waals surface area (Å²) in [5, 5.41) is 2.96. The molecule has 0 radical (unpaired) electrons. The zero-order valence-electron chi connectivity index (χ0n) is 16.3. The Morgan fingerprint density at radius 1 is 1.18 bits per heavy atom. The number of pyridine rings is 1. The van der Waals surface area contributed by atoms with Gasteiger partial charge in [-0.1, -0.05) is 12.1 Å². The Labute approximate surface area is 162 Å². The molecule has 0 aliphatic carbocycles. The molecule has 0 aliphatic heterocycles. The number of methoxy groups -OCH3 is 1. The van der Waals surface area contributed by atoms with Crippen LogP contribution in [0.3, 0.4) is 0 Å². The fraction of sp³-hybridized carbons (Fsp3) is 0.400. The van der Waals surface area contributed by atoms with Crippen LogP contribution < -0.4 is 10.7 Å². The molecular weight excluding hydrogens is 364 g/mol. The molecule has 1 amide bonds. The van der Waals surface area contributed by atoms with Crippen molar-refractivity contribution in [3.8, 4) is 0 Å². The molecule has 2 aromatic rings. The Morgan fingerprint density at radius 3 is 2.50 bits per heavy atom. The molecule has 8 nitrogen and oxygen atoms in total. The third-order valence-electron chi connectivity index (χ3n) is 3.83. The van der Waals surface area contributed by atoms with E-state index in [0.717, 1.165) is 0 Å². The predicted octanol–water partition coefficient (Wildman–Crippen LogP) is 1.92. The highest BCUT2D eigenvalue weighted by Crippen LogP contribution is 2.11. The van der Waals surface area contributed by atoms with E-state index in [0.29, 0.717) is 10.9 Å². The highest BCUT2D eigenvalue weighted by atomic mass is 16.6. The normalized spacial score (nSPS) is 12.3. The first-order valence-electron chi connectivity index (χ1n) is 8.83. The molecule has 0 spiro atoms. The van der Waals surface area contributed by atoms with Gasteiger partial charge in [-0.15, -0.1) is 0 Å². The number of carbonyl (C=O) groups is 3. The summed E-state index contributed by atoms with van der Waals surface area (Å²) in [4.78, 5) is 51.5. The zero-order valence-corrected chi connectivity index (χ0v) is 16.3. The number of ether oxygens (including phenoxy) is 2. The molecule has 1 aromatic carbocycles. The lowest BCUT2D eigenvalue weighted by Gasteiger charge is -2.21. The van der Waals surface area contributed by atoms with Crippen LogP contribution >= 0.6 is 0 Å². The van der Waals surface area contributed by atoms with Crippen molar-refractivity contribution >= 4 is 28.7 Å². The van der Waals surface area contributed by atoms with Crippen LogP contribution in [0.15, 0.2) is 35.1 Å². The fourth-order valence-electron chi connectivity index (χ4n) is 2.60. The molecule has 0 bridgehead atoms. The number of hydrogen-bond donors (Lipinski definition) is 2. The Hall–Kier alpha value is -3.16. The maximum absolute atomic E-state index is 12.5. The second kappa shape index (κ2) is 8.69. The molecule has 150 valence electrons. The van der Waals surface area contributed by atoms with E-state index in [1.54, 1.807) is 45.0 Å². The average Bonchev–Trinajstić information content (AvgIpc) is 2.62. The first kappa shape index (κ1) is 21.1. The predicted molar refractivity (Wildman–Crippen MR) is 103 cm³/mol. The second-order valence-corrected chi connectivity index (χ2v) is 7.27. The SMILES string of the molecule is COC(=O)[C@H](CCC(=O)OC(C)(C)C)NC(=O)c1cc(=O)c2ccccc2[nH]1. The van der Waals surface area contributed by atoms with Crippen molar-refractivity contribution in [2.24, 2.45) is 0 Å². The minimum atomic E-state index is -1.06. The number of nitrogens with one attached hydrogen (secondary N) is 2. The van der Waals surface area contributed by atoms with Gasteiger partial charge in [-0.3, -0.25) is 14.4 Å². The molecular formula is C20H24N2O6. The van der Waals surface area contributed by atoms with E-state index in [1.165, 1.54) is 13.2 Å². The first-order chi connectivity index (χ1) is 13.1. The van der Waals surface area contributed by atoms with Crippen LogP contribution in [0.1, 0.15) is 44.1 Å². The Balaban J connectivity index is 2.13. The molecule has 0 unspecified atom stereocenters. The van der Waals surface area contributed by atoms with Crippen molar-refractivity contribution in [3.63, 3.8) is 0 Å². The van der Waals surface area contributed by atoms with Gasteiger partial charge in [-0.2, -0.15) is 0 Å². The number of esters is 2. The molecule has 8 heteroatoms. The van der Waals surface area contributed by atoms with Gasteiger partial charge in [0, 0.05) is 23.4 Å². The van der Waals surface area contributed by atoms with Crippen molar-refractivity contribution in [2.75, 3.05) is 7.11 Å².